The molecule has 0 amide bonds. The minimum atomic E-state index is 0.159. The molecule has 116 valence electrons. The highest BCUT2D eigenvalue weighted by Crippen LogP contribution is 2.34. The molecule has 0 aromatic carbocycles. The third kappa shape index (κ3) is 4.53. The molecule has 0 unspecified atom stereocenters. The third-order valence-corrected chi connectivity index (χ3v) is 5.24. The summed E-state index contributed by atoms with van der Waals surface area (Å²) in [5, 5.41) is 1.64. The molecule has 0 aliphatic heterocycles. The highest BCUT2D eigenvalue weighted by atomic mass is 32.2. The van der Waals surface area contributed by atoms with Crippen LogP contribution in [-0.2, 0) is 20.8 Å². The average Bonchev–Trinajstić information content (AvgIpc) is 2.48. The SMILES string of the molecule is CO[C@H]1CC[C@H](Sc2cccc[n+]2CC(C)=O)C[C@H]1OC. The van der Waals surface area contributed by atoms with E-state index >= 15 is 0 Å². The monoisotopic (exact) mass is 310 g/mol. The molecule has 0 radical (unpaired) electrons. The molecule has 1 aliphatic rings. The lowest BCUT2D eigenvalue weighted by atomic mass is 9.94. The Labute approximate surface area is 130 Å². The molecule has 1 saturated carbocycles. The maximum Gasteiger partial charge on any atom is 0.240 e. The summed E-state index contributed by atoms with van der Waals surface area (Å²) < 4.78 is 13.1. The Bertz CT molecular complexity index is 480. The molecule has 0 saturated heterocycles. The topological polar surface area (TPSA) is 39.4 Å². The average molecular weight is 310 g/mol. The van der Waals surface area contributed by atoms with Crippen LogP contribution in [-0.4, -0.2) is 37.5 Å². The summed E-state index contributed by atoms with van der Waals surface area (Å²) in [5.74, 6) is 0.172. The van der Waals surface area contributed by atoms with E-state index < -0.39 is 0 Å². The normalized spacial score (nSPS) is 25.8. The molecule has 1 aromatic heterocycles. The van der Waals surface area contributed by atoms with Crippen LogP contribution in [0.3, 0.4) is 0 Å². The number of carbonyl (C=O) groups is 1. The lowest BCUT2D eigenvalue weighted by molar-refractivity contribution is -0.720. The summed E-state index contributed by atoms with van der Waals surface area (Å²) in [4.78, 5) is 11.4. The van der Waals surface area contributed by atoms with Crippen molar-refractivity contribution in [2.45, 2.75) is 55.2 Å². The summed E-state index contributed by atoms with van der Waals surface area (Å²) in [6, 6.07) is 6.07. The van der Waals surface area contributed by atoms with Gasteiger partial charge >= 0.3 is 0 Å². The Hall–Kier alpha value is -0.910. The number of ether oxygens (including phenoxy) is 2. The summed E-state index contributed by atoms with van der Waals surface area (Å²) in [6.07, 6.45) is 5.44. The predicted molar refractivity (Wildman–Crippen MR) is 82.4 cm³/mol. The van der Waals surface area contributed by atoms with Gasteiger partial charge in [0.1, 0.15) is 0 Å². The molecule has 5 heteroatoms. The lowest BCUT2D eigenvalue weighted by Crippen LogP contribution is -2.41. The zero-order valence-electron chi connectivity index (χ0n) is 13.0. The van der Waals surface area contributed by atoms with Crippen LogP contribution < -0.4 is 4.57 Å². The van der Waals surface area contributed by atoms with Gasteiger partial charge in [-0.05, 0) is 25.3 Å². The van der Waals surface area contributed by atoms with E-state index in [0.717, 1.165) is 24.3 Å². The van der Waals surface area contributed by atoms with Gasteiger partial charge in [-0.3, -0.25) is 4.79 Å². The molecule has 0 spiro atoms. The molecular weight excluding hydrogens is 286 g/mol. The molecule has 21 heavy (non-hydrogen) atoms. The summed E-state index contributed by atoms with van der Waals surface area (Å²) in [5.41, 5.74) is 0. The van der Waals surface area contributed by atoms with Crippen LogP contribution >= 0.6 is 11.8 Å². The Morgan fingerprint density at radius 2 is 2.05 bits per heavy atom. The Morgan fingerprint density at radius 3 is 2.71 bits per heavy atom. The van der Waals surface area contributed by atoms with Crippen molar-refractivity contribution in [3.8, 4) is 0 Å². The summed E-state index contributed by atoms with van der Waals surface area (Å²) >= 11 is 1.84. The zero-order chi connectivity index (χ0) is 15.2. The van der Waals surface area contributed by atoms with Crippen LogP contribution in [0.5, 0.6) is 0 Å². The molecule has 1 fully saturated rings. The first-order chi connectivity index (χ1) is 10.1. The number of hydrogen-bond acceptors (Lipinski definition) is 4. The highest BCUT2D eigenvalue weighted by molar-refractivity contribution is 7.99. The van der Waals surface area contributed by atoms with Gasteiger partial charge in [-0.15, -0.1) is 0 Å². The molecule has 1 heterocycles. The fourth-order valence-corrected chi connectivity index (χ4v) is 4.10. The molecular formula is C16H24NO3S+. The number of pyridine rings is 1. The Morgan fingerprint density at radius 1 is 1.29 bits per heavy atom. The Balaban J connectivity index is 2.03. The molecule has 1 aliphatic carbocycles. The quantitative estimate of drug-likeness (QED) is 0.756. The molecule has 4 nitrogen and oxygen atoms in total. The van der Waals surface area contributed by atoms with Crippen LogP contribution in [0.15, 0.2) is 29.4 Å². The first-order valence-corrected chi connectivity index (χ1v) is 8.22. The van der Waals surface area contributed by atoms with E-state index in [-0.39, 0.29) is 18.0 Å². The number of aromatic nitrogens is 1. The van der Waals surface area contributed by atoms with Crippen molar-refractivity contribution in [3.05, 3.63) is 24.4 Å². The van der Waals surface area contributed by atoms with Crippen molar-refractivity contribution in [1.82, 2.24) is 0 Å². The number of Topliss-reactive ketones (excluding diaryl/α,β-unsaturated/α-hetero) is 1. The first-order valence-electron chi connectivity index (χ1n) is 7.34. The van der Waals surface area contributed by atoms with E-state index in [2.05, 4.69) is 6.07 Å². The number of hydrogen-bond donors (Lipinski definition) is 0. The van der Waals surface area contributed by atoms with E-state index in [9.17, 15) is 4.79 Å². The molecule has 0 N–H and O–H groups in total. The van der Waals surface area contributed by atoms with Gasteiger partial charge in [-0.25, -0.2) is 0 Å². The van der Waals surface area contributed by atoms with Crippen LogP contribution in [0.2, 0.25) is 0 Å². The van der Waals surface area contributed by atoms with Crippen LogP contribution in [0.1, 0.15) is 26.2 Å². The first kappa shape index (κ1) is 16.5. The van der Waals surface area contributed by atoms with Crippen molar-refractivity contribution < 1.29 is 18.8 Å². The van der Waals surface area contributed by atoms with Crippen molar-refractivity contribution >= 4 is 17.5 Å². The fourth-order valence-electron chi connectivity index (χ4n) is 2.80. The predicted octanol–water partition coefficient (Wildman–Crippen LogP) is 2.24. The van der Waals surface area contributed by atoms with E-state index in [1.54, 1.807) is 21.1 Å². The van der Waals surface area contributed by atoms with Crippen molar-refractivity contribution in [1.29, 1.82) is 0 Å². The maximum atomic E-state index is 11.4. The molecule has 1 aromatic rings. The Kier molecular flexibility index (Phi) is 6.21. The number of carbonyl (C=O) groups excluding carboxylic acids is 1. The summed E-state index contributed by atoms with van der Waals surface area (Å²) in [7, 11) is 3.50. The van der Waals surface area contributed by atoms with Gasteiger partial charge in [0, 0.05) is 38.5 Å². The second kappa shape index (κ2) is 7.92. The van der Waals surface area contributed by atoms with Gasteiger partial charge in [0.15, 0.2) is 12.0 Å². The van der Waals surface area contributed by atoms with Crippen LogP contribution in [0.25, 0.3) is 0 Å². The second-order valence-electron chi connectivity index (χ2n) is 5.47. The largest absolute Gasteiger partial charge is 0.379 e. The van der Waals surface area contributed by atoms with E-state index in [0.29, 0.717) is 11.8 Å². The third-order valence-electron chi connectivity index (χ3n) is 3.87. The van der Waals surface area contributed by atoms with Crippen LogP contribution in [0.4, 0.5) is 0 Å². The van der Waals surface area contributed by atoms with Gasteiger partial charge < -0.3 is 9.47 Å². The molecule has 0 bridgehead atoms. The maximum absolute atomic E-state index is 11.4. The number of nitrogens with zero attached hydrogens (tertiary/aromatic N) is 1. The smallest absolute Gasteiger partial charge is 0.240 e. The second-order valence-corrected chi connectivity index (χ2v) is 6.79. The number of methoxy groups -OCH3 is 2. The zero-order valence-corrected chi connectivity index (χ0v) is 13.8. The van der Waals surface area contributed by atoms with Gasteiger partial charge in [0.2, 0.25) is 11.6 Å². The standard InChI is InChI=1S/C16H24NO3S/c1-12(18)11-17-9-5-4-6-16(17)21-13-7-8-14(19-2)15(10-13)20-3/h4-6,9,13-15H,7-8,10-11H2,1-3H3/q+1/t13-,14-,15+/m0/s1. The fraction of sp³-hybridized carbons (Fsp3) is 0.625. The lowest BCUT2D eigenvalue weighted by Gasteiger charge is -2.33. The van der Waals surface area contributed by atoms with Gasteiger partial charge in [0.25, 0.3) is 0 Å². The van der Waals surface area contributed by atoms with E-state index in [1.165, 1.54) is 0 Å². The van der Waals surface area contributed by atoms with E-state index in [4.69, 9.17) is 9.47 Å². The van der Waals surface area contributed by atoms with Crippen LogP contribution in [0, 0.1) is 0 Å². The van der Waals surface area contributed by atoms with Gasteiger partial charge in [-0.1, -0.05) is 11.8 Å². The van der Waals surface area contributed by atoms with Gasteiger partial charge in [-0.2, -0.15) is 4.57 Å². The molecule has 3 atom stereocenters. The number of rotatable bonds is 6. The number of thioether (sulfide) groups is 1. The molecule has 2 rings (SSSR count). The van der Waals surface area contributed by atoms with Crippen molar-refractivity contribution in [3.63, 3.8) is 0 Å². The van der Waals surface area contributed by atoms with Gasteiger partial charge in [0.05, 0.1) is 12.2 Å². The number of ketones is 1. The summed E-state index contributed by atoms with van der Waals surface area (Å²) in [6.45, 7) is 2.06. The van der Waals surface area contributed by atoms with Crippen molar-refractivity contribution in [2.75, 3.05) is 14.2 Å². The van der Waals surface area contributed by atoms with Crippen molar-refractivity contribution in [2.24, 2.45) is 0 Å². The minimum absolute atomic E-state index is 0.159. The minimum Gasteiger partial charge on any atom is -0.379 e. The van der Waals surface area contributed by atoms with E-state index in [1.807, 2.05) is 34.7 Å². The highest BCUT2D eigenvalue weighted by Gasteiger charge is 2.32.